The van der Waals surface area contributed by atoms with Gasteiger partial charge in [0.2, 0.25) is 0 Å². The lowest BCUT2D eigenvalue weighted by atomic mass is 9.84. The molecule has 0 bridgehead atoms. The molecule has 1 heterocycles. The third kappa shape index (κ3) is 1.85. The Bertz CT molecular complexity index is 489. The van der Waals surface area contributed by atoms with Gasteiger partial charge in [-0.3, -0.25) is 0 Å². The molecule has 0 saturated heterocycles. The van der Waals surface area contributed by atoms with E-state index in [0.717, 1.165) is 6.54 Å². The zero-order valence-corrected chi connectivity index (χ0v) is 10.5. The topological polar surface area (TPSA) is 27.8 Å². The van der Waals surface area contributed by atoms with Crippen LogP contribution in [0.3, 0.4) is 0 Å². The van der Waals surface area contributed by atoms with Crippen LogP contribution in [0.15, 0.2) is 24.4 Å². The summed E-state index contributed by atoms with van der Waals surface area (Å²) in [4.78, 5) is 3.35. The first-order valence-corrected chi connectivity index (χ1v) is 5.78. The predicted molar refractivity (Wildman–Crippen MR) is 69.8 cm³/mol. The van der Waals surface area contributed by atoms with E-state index in [2.05, 4.69) is 55.5 Å². The Morgan fingerprint density at radius 3 is 2.62 bits per heavy atom. The number of hydrogen-bond acceptors (Lipinski definition) is 1. The molecular formula is C14H20N2. The summed E-state index contributed by atoms with van der Waals surface area (Å²) in [5.74, 6) is 0. The van der Waals surface area contributed by atoms with Crippen molar-refractivity contribution in [3.63, 3.8) is 0 Å². The van der Waals surface area contributed by atoms with Crippen LogP contribution in [0.25, 0.3) is 10.9 Å². The van der Waals surface area contributed by atoms with Crippen molar-refractivity contribution in [3.8, 4) is 0 Å². The normalized spacial score (nSPS) is 12.2. The molecule has 0 amide bonds. The minimum absolute atomic E-state index is 0.185. The smallest absolute Gasteiger partial charge is 0.0460 e. The predicted octanol–water partition coefficient (Wildman–Crippen LogP) is 3.18. The largest absolute Gasteiger partial charge is 0.361 e. The Morgan fingerprint density at radius 1 is 1.25 bits per heavy atom. The Balaban J connectivity index is 2.68. The summed E-state index contributed by atoms with van der Waals surface area (Å²) >= 11 is 0. The van der Waals surface area contributed by atoms with E-state index in [1.165, 1.54) is 22.0 Å². The zero-order chi connectivity index (χ0) is 11.8. The van der Waals surface area contributed by atoms with Crippen LogP contribution in [0.5, 0.6) is 0 Å². The van der Waals surface area contributed by atoms with Gasteiger partial charge in [0, 0.05) is 23.6 Å². The fourth-order valence-electron chi connectivity index (χ4n) is 2.21. The molecule has 1 aromatic heterocycles. The molecule has 2 N–H and O–H groups in total. The fourth-order valence-corrected chi connectivity index (χ4v) is 2.21. The van der Waals surface area contributed by atoms with Crippen LogP contribution in [0.4, 0.5) is 0 Å². The van der Waals surface area contributed by atoms with E-state index < -0.39 is 0 Å². The van der Waals surface area contributed by atoms with Crippen molar-refractivity contribution in [1.82, 2.24) is 10.3 Å². The highest BCUT2D eigenvalue weighted by molar-refractivity contribution is 5.87. The van der Waals surface area contributed by atoms with Crippen LogP contribution in [-0.4, -0.2) is 12.0 Å². The second kappa shape index (κ2) is 3.95. The highest BCUT2D eigenvalue weighted by Crippen LogP contribution is 2.31. The minimum atomic E-state index is 0.185. The first kappa shape index (κ1) is 11.2. The number of benzene rings is 1. The number of nitrogens with one attached hydrogen (secondary N) is 2. The van der Waals surface area contributed by atoms with Gasteiger partial charge < -0.3 is 10.3 Å². The Kier molecular flexibility index (Phi) is 2.76. The fraction of sp³-hybridized carbons (Fsp3) is 0.429. The van der Waals surface area contributed by atoms with Crippen LogP contribution in [-0.2, 0) is 12.0 Å². The second-order valence-corrected chi connectivity index (χ2v) is 5.32. The third-order valence-corrected chi connectivity index (χ3v) is 2.96. The Morgan fingerprint density at radius 2 is 2.00 bits per heavy atom. The summed E-state index contributed by atoms with van der Waals surface area (Å²) in [6, 6.07) is 6.50. The minimum Gasteiger partial charge on any atom is -0.361 e. The zero-order valence-electron chi connectivity index (χ0n) is 10.5. The van der Waals surface area contributed by atoms with Gasteiger partial charge in [0.15, 0.2) is 0 Å². The lowest BCUT2D eigenvalue weighted by Gasteiger charge is -2.21. The van der Waals surface area contributed by atoms with E-state index in [1.54, 1.807) is 0 Å². The molecule has 0 fully saturated rings. The van der Waals surface area contributed by atoms with Crippen molar-refractivity contribution < 1.29 is 0 Å². The van der Waals surface area contributed by atoms with Crippen molar-refractivity contribution >= 4 is 10.9 Å². The first-order chi connectivity index (χ1) is 7.54. The van der Waals surface area contributed by atoms with Crippen molar-refractivity contribution in [2.45, 2.75) is 32.7 Å². The number of hydrogen-bond donors (Lipinski definition) is 2. The summed E-state index contributed by atoms with van der Waals surface area (Å²) in [7, 11) is 1.98. The molecule has 0 unspecified atom stereocenters. The molecule has 1 aromatic carbocycles. The lowest BCUT2D eigenvalue weighted by molar-refractivity contribution is 0.595. The summed E-state index contributed by atoms with van der Waals surface area (Å²) in [5.41, 5.74) is 4.18. The third-order valence-electron chi connectivity index (χ3n) is 2.96. The first-order valence-electron chi connectivity index (χ1n) is 5.78. The summed E-state index contributed by atoms with van der Waals surface area (Å²) in [6.07, 6.45) is 2.11. The molecule has 2 aromatic rings. The molecule has 2 nitrogen and oxygen atoms in total. The molecule has 0 saturated carbocycles. The van der Waals surface area contributed by atoms with Gasteiger partial charge in [-0.1, -0.05) is 32.9 Å². The molecule has 2 rings (SSSR count). The molecule has 0 spiro atoms. The summed E-state index contributed by atoms with van der Waals surface area (Å²) in [6.45, 7) is 7.70. The number of H-pyrrole nitrogens is 1. The van der Waals surface area contributed by atoms with Crippen LogP contribution in [0.1, 0.15) is 31.9 Å². The second-order valence-electron chi connectivity index (χ2n) is 5.32. The maximum Gasteiger partial charge on any atom is 0.0460 e. The van der Waals surface area contributed by atoms with Gasteiger partial charge in [-0.2, -0.15) is 0 Å². The van der Waals surface area contributed by atoms with Crippen molar-refractivity contribution in [1.29, 1.82) is 0 Å². The van der Waals surface area contributed by atoms with E-state index in [9.17, 15) is 0 Å². The molecular weight excluding hydrogens is 196 g/mol. The molecule has 0 aliphatic heterocycles. The van der Waals surface area contributed by atoms with Gasteiger partial charge in [0.05, 0.1) is 0 Å². The van der Waals surface area contributed by atoms with Crippen LogP contribution < -0.4 is 5.32 Å². The highest BCUT2D eigenvalue weighted by atomic mass is 14.8. The average Bonchev–Trinajstić information content (AvgIpc) is 2.61. The molecule has 0 atom stereocenters. The number of fused-ring (bicyclic) bond motifs is 1. The van der Waals surface area contributed by atoms with Gasteiger partial charge in [-0.05, 0) is 29.7 Å². The quantitative estimate of drug-likeness (QED) is 0.792. The Labute approximate surface area is 97.1 Å². The van der Waals surface area contributed by atoms with E-state index in [-0.39, 0.29) is 5.41 Å². The molecule has 86 valence electrons. The van der Waals surface area contributed by atoms with Gasteiger partial charge in [0.1, 0.15) is 0 Å². The van der Waals surface area contributed by atoms with E-state index in [1.807, 2.05) is 7.05 Å². The van der Waals surface area contributed by atoms with Crippen LogP contribution in [0.2, 0.25) is 0 Å². The SMILES string of the molecule is CNCc1c[nH]c2cccc(C(C)(C)C)c12. The highest BCUT2D eigenvalue weighted by Gasteiger charge is 2.18. The van der Waals surface area contributed by atoms with E-state index in [4.69, 9.17) is 0 Å². The Hall–Kier alpha value is -1.28. The summed E-state index contributed by atoms with van der Waals surface area (Å²) < 4.78 is 0. The maximum absolute atomic E-state index is 3.35. The van der Waals surface area contributed by atoms with Crippen LogP contribution >= 0.6 is 0 Å². The summed E-state index contributed by atoms with van der Waals surface area (Å²) in [5, 5.41) is 4.60. The molecule has 0 aliphatic rings. The molecule has 2 heteroatoms. The van der Waals surface area contributed by atoms with Crippen molar-refractivity contribution in [2.75, 3.05) is 7.05 Å². The number of aromatic amines is 1. The molecule has 16 heavy (non-hydrogen) atoms. The van der Waals surface area contributed by atoms with Crippen LogP contribution in [0, 0.1) is 0 Å². The lowest BCUT2D eigenvalue weighted by Crippen LogP contribution is -2.13. The molecule has 0 aliphatic carbocycles. The number of aromatic nitrogens is 1. The van der Waals surface area contributed by atoms with Crippen molar-refractivity contribution in [3.05, 3.63) is 35.5 Å². The standard InChI is InChI=1S/C14H20N2/c1-14(2,3)11-6-5-7-12-13(11)10(8-15-4)9-16-12/h5-7,9,15-16H,8H2,1-4H3. The van der Waals surface area contributed by atoms with Gasteiger partial charge >= 0.3 is 0 Å². The van der Waals surface area contributed by atoms with E-state index in [0.29, 0.717) is 0 Å². The van der Waals surface area contributed by atoms with Gasteiger partial charge in [-0.15, -0.1) is 0 Å². The van der Waals surface area contributed by atoms with Crippen molar-refractivity contribution in [2.24, 2.45) is 0 Å². The van der Waals surface area contributed by atoms with E-state index >= 15 is 0 Å². The maximum atomic E-state index is 3.35. The van der Waals surface area contributed by atoms with Gasteiger partial charge in [-0.25, -0.2) is 0 Å². The number of rotatable bonds is 2. The average molecular weight is 216 g/mol. The monoisotopic (exact) mass is 216 g/mol. The molecule has 0 radical (unpaired) electrons. The van der Waals surface area contributed by atoms with Gasteiger partial charge in [0.25, 0.3) is 0 Å².